The summed E-state index contributed by atoms with van der Waals surface area (Å²) in [5.41, 5.74) is 0.00398. The molecular weight excluding hydrogens is 495 g/mol. The summed E-state index contributed by atoms with van der Waals surface area (Å²) in [4.78, 5) is 27.1. The lowest BCUT2D eigenvalue weighted by Gasteiger charge is -2.47. The van der Waals surface area contributed by atoms with Gasteiger partial charge < -0.3 is 10.1 Å². The zero-order chi connectivity index (χ0) is 26.5. The number of nitriles is 1. The van der Waals surface area contributed by atoms with E-state index >= 15 is 0 Å². The molecule has 1 N–H and O–H groups in total. The number of hydrogen-bond acceptors (Lipinski definition) is 4. The van der Waals surface area contributed by atoms with Crippen molar-refractivity contribution in [3.05, 3.63) is 82.4 Å². The van der Waals surface area contributed by atoms with Gasteiger partial charge in [-0.2, -0.15) is 5.26 Å². The molecule has 190 valence electrons. The summed E-state index contributed by atoms with van der Waals surface area (Å²) < 4.78 is 5.64. The van der Waals surface area contributed by atoms with Gasteiger partial charge in [-0.1, -0.05) is 53.5 Å². The molecule has 0 unspecified atom stereocenters. The largest absolute Gasteiger partial charge is 0.460 e. The highest BCUT2D eigenvalue weighted by molar-refractivity contribution is 6.30. The Morgan fingerprint density at radius 2 is 1.92 bits per heavy atom. The molecule has 0 saturated carbocycles. The average Bonchev–Trinajstić information content (AvgIpc) is 2.80. The van der Waals surface area contributed by atoms with Crippen LogP contribution in [-0.2, 0) is 14.3 Å². The normalized spacial score (nSPS) is 22.7. The molecule has 1 heterocycles. The second-order valence-corrected chi connectivity index (χ2v) is 11.2. The third-order valence-electron chi connectivity index (χ3n) is 6.67. The Labute approximate surface area is 223 Å². The fourth-order valence-corrected chi connectivity index (χ4v) is 5.42. The lowest BCUT2D eigenvalue weighted by Crippen LogP contribution is -2.54. The number of ether oxygens (including phenoxy) is 1. The summed E-state index contributed by atoms with van der Waals surface area (Å²) in [5, 5.41) is 13.7. The molecule has 1 saturated heterocycles. The molecule has 0 bridgehead atoms. The Morgan fingerprint density at radius 1 is 1.22 bits per heavy atom. The second kappa shape index (κ2) is 11.5. The third kappa shape index (κ3) is 6.49. The Hall–Kier alpha value is -2.81. The number of piperidine rings is 1. The highest BCUT2D eigenvalue weighted by Crippen LogP contribution is 2.52. The first-order chi connectivity index (χ1) is 17.0. The van der Waals surface area contributed by atoms with Crippen LogP contribution in [0.4, 0.5) is 0 Å². The lowest BCUT2D eigenvalue weighted by molar-refractivity contribution is -0.163. The van der Waals surface area contributed by atoms with Gasteiger partial charge in [-0.3, -0.25) is 9.59 Å². The minimum Gasteiger partial charge on any atom is -0.460 e. The molecule has 1 amide bonds. The highest BCUT2D eigenvalue weighted by atomic mass is 35.5. The van der Waals surface area contributed by atoms with E-state index < -0.39 is 22.9 Å². The lowest BCUT2D eigenvalue weighted by atomic mass is 9.60. The number of carbonyl (C=O) groups is 2. The molecule has 0 aromatic heterocycles. The van der Waals surface area contributed by atoms with Gasteiger partial charge in [-0.15, -0.1) is 6.58 Å². The predicted molar refractivity (Wildman–Crippen MR) is 143 cm³/mol. The maximum atomic E-state index is 14.0. The maximum absolute atomic E-state index is 14.0. The van der Waals surface area contributed by atoms with E-state index in [0.29, 0.717) is 22.9 Å². The SMILES string of the molecule is C=C[C@H](CCC#N)[C@]1(CC(=O)OC(C)(C)C)C[C@H](c2cccc(Cl)c2)[C@@H](c2ccc(Cl)cc2)NC1=O. The Bertz CT molecular complexity index is 1150. The molecule has 2 aromatic rings. The number of hydrogen-bond donors (Lipinski definition) is 1. The minimum atomic E-state index is -1.14. The molecule has 5 nitrogen and oxygen atoms in total. The van der Waals surface area contributed by atoms with Gasteiger partial charge in [0.05, 0.1) is 23.9 Å². The van der Waals surface area contributed by atoms with Crippen molar-refractivity contribution < 1.29 is 14.3 Å². The summed E-state index contributed by atoms with van der Waals surface area (Å²) >= 11 is 12.5. The van der Waals surface area contributed by atoms with Crippen molar-refractivity contribution in [1.29, 1.82) is 5.26 Å². The number of halogens is 2. The van der Waals surface area contributed by atoms with E-state index in [2.05, 4.69) is 18.0 Å². The van der Waals surface area contributed by atoms with Crippen LogP contribution in [0.15, 0.2) is 61.2 Å². The first-order valence-corrected chi connectivity index (χ1v) is 12.8. The first-order valence-electron chi connectivity index (χ1n) is 12.0. The van der Waals surface area contributed by atoms with Crippen molar-refractivity contribution in [2.45, 2.75) is 64.0 Å². The van der Waals surface area contributed by atoms with Crippen molar-refractivity contribution in [3.8, 4) is 6.07 Å². The van der Waals surface area contributed by atoms with Crippen LogP contribution in [0.3, 0.4) is 0 Å². The molecule has 0 spiro atoms. The molecule has 3 rings (SSSR count). The van der Waals surface area contributed by atoms with Gasteiger partial charge in [-0.25, -0.2) is 0 Å². The first kappa shape index (κ1) is 27.8. The summed E-state index contributed by atoms with van der Waals surface area (Å²) in [7, 11) is 0. The van der Waals surface area contributed by atoms with Crippen LogP contribution in [0.25, 0.3) is 0 Å². The van der Waals surface area contributed by atoms with Crippen molar-refractivity contribution in [2.24, 2.45) is 11.3 Å². The van der Waals surface area contributed by atoms with Crippen LogP contribution in [0.2, 0.25) is 10.0 Å². The standard InChI is InChI=1S/C29H32Cl2N2O3/c1-5-21(9-7-15-32)29(18-25(34)36-28(2,3)4)17-24(20-8-6-10-23(31)16-20)26(33-27(29)35)19-11-13-22(30)14-12-19/h5-6,8,10-14,16,21,24,26H,1,7,9,17-18H2,2-4H3,(H,33,35)/t21-,24-,26-,29-/m1/s1. The summed E-state index contributed by atoms with van der Waals surface area (Å²) in [6.45, 7) is 9.36. The number of nitrogens with one attached hydrogen (secondary N) is 1. The van der Waals surface area contributed by atoms with Gasteiger partial charge in [0.2, 0.25) is 5.91 Å². The van der Waals surface area contributed by atoms with Crippen molar-refractivity contribution >= 4 is 35.1 Å². The van der Waals surface area contributed by atoms with E-state index in [9.17, 15) is 14.9 Å². The summed E-state index contributed by atoms with van der Waals surface area (Å²) in [6, 6.07) is 16.7. The van der Waals surface area contributed by atoms with E-state index in [1.165, 1.54) is 0 Å². The molecule has 7 heteroatoms. The predicted octanol–water partition coefficient (Wildman–Crippen LogP) is 7.16. The fourth-order valence-electron chi connectivity index (χ4n) is 5.10. The van der Waals surface area contributed by atoms with E-state index in [4.69, 9.17) is 27.9 Å². The second-order valence-electron chi connectivity index (χ2n) is 10.3. The van der Waals surface area contributed by atoms with E-state index in [1.54, 1.807) is 45.0 Å². The number of nitrogens with zero attached hydrogens (tertiary/aromatic N) is 1. The zero-order valence-corrected chi connectivity index (χ0v) is 22.4. The number of benzene rings is 2. The highest BCUT2D eigenvalue weighted by Gasteiger charge is 2.53. The fraction of sp³-hybridized carbons (Fsp3) is 0.414. The number of rotatable bonds is 8. The quantitative estimate of drug-likeness (QED) is 0.292. The van der Waals surface area contributed by atoms with Crippen molar-refractivity contribution in [3.63, 3.8) is 0 Å². The maximum Gasteiger partial charge on any atom is 0.307 e. The average molecular weight is 527 g/mol. The third-order valence-corrected chi connectivity index (χ3v) is 7.16. The molecule has 0 radical (unpaired) electrons. The van der Waals surface area contributed by atoms with Gasteiger partial charge in [0.25, 0.3) is 0 Å². The van der Waals surface area contributed by atoms with Crippen LogP contribution in [-0.4, -0.2) is 17.5 Å². The van der Waals surface area contributed by atoms with Crippen LogP contribution >= 0.6 is 23.2 Å². The van der Waals surface area contributed by atoms with Gasteiger partial charge >= 0.3 is 5.97 Å². The molecule has 1 fully saturated rings. The number of esters is 1. The minimum absolute atomic E-state index is 0.122. The topological polar surface area (TPSA) is 79.2 Å². The van der Waals surface area contributed by atoms with Crippen molar-refractivity contribution in [1.82, 2.24) is 5.32 Å². The van der Waals surface area contributed by atoms with Crippen molar-refractivity contribution in [2.75, 3.05) is 0 Å². The summed E-state index contributed by atoms with van der Waals surface area (Å²) in [6.07, 6.45) is 2.57. The van der Waals surface area contributed by atoms with Crippen LogP contribution in [0, 0.1) is 22.7 Å². The van der Waals surface area contributed by atoms with Gasteiger partial charge in [0.1, 0.15) is 5.60 Å². The zero-order valence-electron chi connectivity index (χ0n) is 20.9. The monoisotopic (exact) mass is 526 g/mol. The van der Waals surface area contributed by atoms with Gasteiger partial charge in [0.15, 0.2) is 0 Å². The van der Waals surface area contributed by atoms with Crippen LogP contribution < -0.4 is 5.32 Å². The molecule has 4 atom stereocenters. The Morgan fingerprint density at radius 3 is 2.50 bits per heavy atom. The van der Waals surface area contributed by atoms with Gasteiger partial charge in [0, 0.05) is 22.4 Å². The Kier molecular flexibility index (Phi) is 8.87. The molecule has 1 aliphatic rings. The molecule has 2 aromatic carbocycles. The number of carbonyl (C=O) groups excluding carboxylic acids is 2. The molecule has 0 aliphatic carbocycles. The van der Waals surface area contributed by atoms with E-state index in [0.717, 1.165) is 11.1 Å². The van der Waals surface area contributed by atoms with E-state index in [-0.39, 0.29) is 30.7 Å². The van der Waals surface area contributed by atoms with E-state index in [1.807, 2.05) is 30.3 Å². The number of amides is 1. The molecule has 1 aliphatic heterocycles. The van der Waals surface area contributed by atoms with Gasteiger partial charge in [-0.05, 0) is 74.9 Å². The number of allylic oxidation sites excluding steroid dienone is 1. The molecule has 36 heavy (non-hydrogen) atoms. The summed E-state index contributed by atoms with van der Waals surface area (Å²) in [5.74, 6) is -1.32. The van der Waals surface area contributed by atoms with Crippen LogP contribution in [0.5, 0.6) is 0 Å². The van der Waals surface area contributed by atoms with Crippen LogP contribution in [0.1, 0.15) is 69.5 Å². The molecular formula is C29H32Cl2N2O3. The Balaban J connectivity index is 2.12. The smallest absolute Gasteiger partial charge is 0.307 e.